The third-order valence-electron chi connectivity index (χ3n) is 7.29. The maximum atomic E-state index is 6.26. The first-order valence-corrected chi connectivity index (χ1v) is 13.8. The van der Waals surface area contributed by atoms with E-state index in [-0.39, 0.29) is 0 Å². The minimum absolute atomic E-state index is 0.863. The number of fused-ring (bicyclic) bond motifs is 6. The van der Waals surface area contributed by atoms with Gasteiger partial charge in [0.15, 0.2) is 0 Å². The highest BCUT2D eigenvalue weighted by molar-refractivity contribution is 7.25. The molecule has 0 atom stereocenters. The molecule has 0 bridgehead atoms. The van der Waals surface area contributed by atoms with Crippen molar-refractivity contribution in [3.63, 3.8) is 0 Å². The van der Waals surface area contributed by atoms with Crippen LogP contribution in [0.1, 0.15) is 0 Å². The van der Waals surface area contributed by atoms with Gasteiger partial charge in [-0.1, -0.05) is 84.9 Å². The Labute approximate surface area is 229 Å². The number of aromatic nitrogens is 1. The van der Waals surface area contributed by atoms with E-state index < -0.39 is 0 Å². The van der Waals surface area contributed by atoms with Crippen LogP contribution in [0.4, 0.5) is 17.2 Å². The Morgan fingerprint density at radius 1 is 0.538 bits per heavy atom. The number of benzene rings is 5. The Morgan fingerprint density at radius 3 is 2.13 bits per heavy atom. The summed E-state index contributed by atoms with van der Waals surface area (Å²) >= 11 is 1.78. The van der Waals surface area contributed by atoms with E-state index in [0.29, 0.717) is 0 Å². The monoisotopic (exact) mass is 518 g/mol. The standard InChI is InChI=1S/C35H22N2OS/c1-2-9-23(10-3-1)24-17-19-25(20-18-24)37(28-13-8-15-30-34(28)26-11-4-6-14-29(26)38-30)33-22-21-32-35(36-33)27-12-5-7-16-31(27)39-32/h1-22H. The summed E-state index contributed by atoms with van der Waals surface area (Å²) in [7, 11) is 0. The van der Waals surface area contributed by atoms with Crippen molar-refractivity contribution >= 4 is 70.8 Å². The molecule has 0 aliphatic rings. The second-order valence-electron chi connectivity index (χ2n) is 9.61. The minimum atomic E-state index is 0.863. The van der Waals surface area contributed by atoms with Crippen LogP contribution in [0.5, 0.6) is 0 Å². The maximum Gasteiger partial charge on any atom is 0.138 e. The van der Waals surface area contributed by atoms with Crippen LogP contribution in [0.3, 0.4) is 0 Å². The number of anilines is 3. The van der Waals surface area contributed by atoms with Crippen molar-refractivity contribution in [3.8, 4) is 11.1 Å². The molecule has 3 nitrogen and oxygen atoms in total. The molecule has 5 aromatic carbocycles. The lowest BCUT2D eigenvalue weighted by atomic mass is 10.0. The van der Waals surface area contributed by atoms with Crippen LogP contribution in [-0.4, -0.2) is 4.98 Å². The third-order valence-corrected chi connectivity index (χ3v) is 8.41. The molecule has 0 N–H and O–H groups in total. The van der Waals surface area contributed by atoms with E-state index >= 15 is 0 Å². The van der Waals surface area contributed by atoms with Gasteiger partial charge in [-0.2, -0.15) is 0 Å². The van der Waals surface area contributed by atoms with Gasteiger partial charge in [0.25, 0.3) is 0 Å². The number of pyridine rings is 1. The SMILES string of the molecule is c1ccc(-c2ccc(N(c3ccc4sc5ccccc5c4n3)c3cccc4oc5ccccc5c34)cc2)cc1. The first-order valence-electron chi connectivity index (χ1n) is 13.0. The Hall–Kier alpha value is -4.93. The van der Waals surface area contributed by atoms with Crippen molar-refractivity contribution in [1.82, 2.24) is 4.98 Å². The molecule has 0 saturated heterocycles. The molecule has 184 valence electrons. The zero-order chi connectivity index (χ0) is 25.8. The van der Waals surface area contributed by atoms with E-state index in [1.807, 2.05) is 24.3 Å². The second-order valence-corrected chi connectivity index (χ2v) is 10.7. The number of thiophene rings is 1. The van der Waals surface area contributed by atoms with Gasteiger partial charge in [0, 0.05) is 21.2 Å². The molecule has 39 heavy (non-hydrogen) atoms. The molecular weight excluding hydrogens is 496 g/mol. The first-order chi connectivity index (χ1) is 19.3. The average Bonchev–Trinajstić information content (AvgIpc) is 3.57. The van der Waals surface area contributed by atoms with E-state index in [1.165, 1.54) is 25.9 Å². The largest absolute Gasteiger partial charge is 0.456 e. The van der Waals surface area contributed by atoms with Crippen LogP contribution in [-0.2, 0) is 0 Å². The van der Waals surface area contributed by atoms with Crippen LogP contribution in [0.25, 0.3) is 53.4 Å². The summed E-state index contributed by atoms with van der Waals surface area (Å²) in [5.74, 6) is 0.872. The molecule has 8 rings (SSSR count). The zero-order valence-electron chi connectivity index (χ0n) is 20.9. The summed E-state index contributed by atoms with van der Waals surface area (Å²) in [5, 5.41) is 3.36. The first kappa shape index (κ1) is 22.1. The van der Waals surface area contributed by atoms with Crippen LogP contribution >= 0.6 is 11.3 Å². The summed E-state index contributed by atoms with van der Waals surface area (Å²) in [5.41, 5.74) is 7.23. The van der Waals surface area contributed by atoms with Gasteiger partial charge in [-0.3, -0.25) is 4.90 Å². The molecule has 0 fully saturated rings. The van der Waals surface area contributed by atoms with Crippen molar-refractivity contribution < 1.29 is 4.42 Å². The van der Waals surface area contributed by atoms with Crippen molar-refractivity contribution in [1.29, 1.82) is 0 Å². The van der Waals surface area contributed by atoms with Crippen molar-refractivity contribution in [2.45, 2.75) is 0 Å². The molecule has 3 heterocycles. The topological polar surface area (TPSA) is 29.3 Å². The van der Waals surface area contributed by atoms with E-state index in [2.05, 4.69) is 114 Å². The molecule has 8 aromatic rings. The lowest BCUT2D eigenvalue weighted by Gasteiger charge is -2.25. The van der Waals surface area contributed by atoms with Gasteiger partial charge in [-0.15, -0.1) is 11.3 Å². The fourth-order valence-corrected chi connectivity index (χ4v) is 6.52. The molecule has 0 amide bonds. The van der Waals surface area contributed by atoms with Crippen LogP contribution in [0.15, 0.2) is 138 Å². The van der Waals surface area contributed by atoms with Crippen molar-refractivity contribution in [2.75, 3.05) is 4.90 Å². The Kier molecular flexibility index (Phi) is 5.00. The Morgan fingerprint density at radius 2 is 1.26 bits per heavy atom. The minimum Gasteiger partial charge on any atom is -0.456 e. The molecule has 0 unspecified atom stereocenters. The molecular formula is C35H22N2OS. The Bertz CT molecular complexity index is 2120. The number of hydrogen-bond acceptors (Lipinski definition) is 4. The van der Waals surface area contributed by atoms with Gasteiger partial charge in [0.05, 0.1) is 21.3 Å². The highest BCUT2D eigenvalue weighted by Gasteiger charge is 2.21. The number of rotatable bonds is 4. The molecule has 0 aliphatic heterocycles. The fourth-order valence-electron chi connectivity index (χ4n) is 5.48. The fraction of sp³-hybridized carbons (Fsp3) is 0. The number of nitrogens with zero attached hydrogens (tertiary/aromatic N) is 2. The van der Waals surface area contributed by atoms with Crippen LogP contribution in [0.2, 0.25) is 0 Å². The summed E-state index contributed by atoms with van der Waals surface area (Å²) in [6, 6.07) is 46.5. The van der Waals surface area contributed by atoms with Crippen molar-refractivity contribution in [2.24, 2.45) is 0 Å². The van der Waals surface area contributed by atoms with Gasteiger partial charge < -0.3 is 4.42 Å². The predicted octanol–water partition coefficient (Wildman–Crippen LogP) is 10.5. The second kappa shape index (κ2) is 8.83. The summed E-state index contributed by atoms with van der Waals surface area (Å²) < 4.78 is 8.70. The quantitative estimate of drug-likeness (QED) is 0.232. The number of para-hydroxylation sites is 1. The molecule has 0 spiro atoms. The van der Waals surface area contributed by atoms with Gasteiger partial charge in [-0.25, -0.2) is 4.98 Å². The molecule has 0 radical (unpaired) electrons. The van der Waals surface area contributed by atoms with Gasteiger partial charge >= 0.3 is 0 Å². The smallest absolute Gasteiger partial charge is 0.138 e. The van der Waals surface area contributed by atoms with Crippen LogP contribution in [0, 0.1) is 0 Å². The summed E-state index contributed by atoms with van der Waals surface area (Å²) in [6.45, 7) is 0. The van der Waals surface area contributed by atoms with Crippen molar-refractivity contribution in [3.05, 3.63) is 133 Å². The van der Waals surface area contributed by atoms with Gasteiger partial charge in [0.2, 0.25) is 0 Å². The van der Waals surface area contributed by atoms with Crippen LogP contribution < -0.4 is 4.90 Å². The van der Waals surface area contributed by atoms with E-state index in [4.69, 9.17) is 9.40 Å². The highest BCUT2D eigenvalue weighted by atomic mass is 32.1. The lowest BCUT2D eigenvalue weighted by Crippen LogP contribution is -2.11. The predicted molar refractivity (Wildman–Crippen MR) is 165 cm³/mol. The molecule has 0 aliphatic carbocycles. The van der Waals surface area contributed by atoms with E-state index in [9.17, 15) is 0 Å². The van der Waals surface area contributed by atoms with E-state index in [1.54, 1.807) is 11.3 Å². The molecule has 0 saturated carbocycles. The third kappa shape index (κ3) is 3.61. The normalized spacial score (nSPS) is 11.6. The summed E-state index contributed by atoms with van der Waals surface area (Å²) in [4.78, 5) is 7.53. The maximum absolute atomic E-state index is 6.26. The summed E-state index contributed by atoms with van der Waals surface area (Å²) in [6.07, 6.45) is 0. The molecule has 4 heteroatoms. The van der Waals surface area contributed by atoms with E-state index in [0.717, 1.165) is 44.6 Å². The number of furan rings is 1. The molecule has 3 aromatic heterocycles. The lowest BCUT2D eigenvalue weighted by molar-refractivity contribution is 0.669. The average molecular weight is 519 g/mol. The number of hydrogen-bond donors (Lipinski definition) is 0. The van der Waals surface area contributed by atoms with Gasteiger partial charge in [0.1, 0.15) is 17.0 Å². The van der Waals surface area contributed by atoms with Gasteiger partial charge in [-0.05, 0) is 59.7 Å². The highest BCUT2D eigenvalue weighted by Crippen LogP contribution is 2.43. The Balaban J connectivity index is 1.38. The zero-order valence-corrected chi connectivity index (χ0v) is 21.7.